The van der Waals surface area contributed by atoms with E-state index in [2.05, 4.69) is 51.0 Å². The van der Waals surface area contributed by atoms with E-state index in [0.29, 0.717) is 5.92 Å². The minimum Gasteiger partial charge on any atom is -0.0991 e. The zero-order valence-electron chi connectivity index (χ0n) is 12.9. The second-order valence-electron chi connectivity index (χ2n) is 3.72. The maximum Gasteiger partial charge on any atom is -0.00752 e. The molecule has 0 aromatic rings. The summed E-state index contributed by atoms with van der Waals surface area (Å²) in [5.41, 5.74) is 2.20. The fraction of sp³-hybridized carbons (Fsp3) is 0.263. The Morgan fingerprint density at radius 1 is 1.05 bits per heavy atom. The lowest BCUT2D eigenvalue weighted by Gasteiger charge is -1.96. The average molecular weight is 256 g/mol. The quantitative estimate of drug-likeness (QED) is 0.517. The topological polar surface area (TPSA) is 0 Å². The molecule has 0 nitrogen and oxygen atoms in total. The molecule has 19 heavy (non-hydrogen) atoms. The van der Waals surface area contributed by atoms with Gasteiger partial charge in [-0.2, -0.15) is 0 Å². The van der Waals surface area contributed by atoms with E-state index in [0.717, 1.165) is 11.1 Å². The van der Waals surface area contributed by atoms with Crippen molar-refractivity contribution in [2.24, 2.45) is 5.92 Å². The van der Waals surface area contributed by atoms with Crippen molar-refractivity contribution in [2.45, 2.75) is 27.7 Å². The zero-order chi connectivity index (χ0) is 15.1. The smallest absolute Gasteiger partial charge is 0.00752 e. The number of allylic oxidation sites excluding steroid dienone is 11. The van der Waals surface area contributed by atoms with Crippen molar-refractivity contribution < 1.29 is 0 Å². The zero-order valence-corrected chi connectivity index (χ0v) is 12.9. The standard InChI is InChI=1S/C12H14.C5H8.C2H6/c1-4-5-12-9-7-10(2)6-8-11(12)3;1-3-5-4-2;1-2/h4-10H,1,3H2,2H3;3-5H,1H2,2H3;1-2H3/b12-5-;5-4-;. The van der Waals surface area contributed by atoms with Crippen molar-refractivity contribution in [3.63, 3.8) is 0 Å². The molecule has 0 radical (unpaired) electrons. The molecule has 0 spiro atoms. The van der Waals surface area contributed by atoms with Gasteiger partial charge in [0.15, 0.2) is 0 Å². The van der Waals surface area contributed by atoms with Crippen LogP contribution in [0.3, 0.4) is 0 Å². The Bertz CT molecular complexity index is 373. The van der Waals surface area contributed by atoms with Crippen LogP contribution in [-0.2, 0) is 0 Å². The first-order valence-corrected chi connectivity index (χ1v) is 6.77. The summed E-state index contributed by atoms with van der Waals surface area (Å²) < 4.78 is 0. The summed E-state index contributed by atoms with van der Waals surface area (Å²) in [4.78, 5) is 0. The van der Waals surface area contributed by atoms with Crippen LogP contribution >= 0.6 is 0 Å². The van der Waals surface area contributed by atoms with Gasteiger partial charge in [-0.25, -0.2) is 0 Å². The summed E-state index contributed by atoms with van der Waals surface area (Å²) >= 11 is 0. The number of hydrogen-bond donors (Lipinski definition) is 0. The molecule has 1 aliphatic rings. The van der Waals surface area contributed by atoms with Crippen molar-refractivity contribution in [1.82, 2.24) is 0 Å². The van der Waals surface area contributed by atoms with E-state index < -0.39 is 0 Å². The third-order valence-electron chi connectivity index (χ3n) is 2.18. The Morgan fingerprint density at radius 3 is 2.05 bits per heavy atom. The van der Waals surface area contributed by atoms with Crippen LogP contribution in [0.2, 0.25) is 0 Å². The second-order valence-corrected chi connectivity index (χ2v) is 3.72. The van der Waals surface area contributed by atoms with Gasteiger partial charge in [0.25, 0.3) is 0 Å². The van der Waals surface area contributed by atoms with Crippen LogP contribution in [0.4, 0.5) is 0 Å². The van der Waals surface area contributed by atoms with Crippen molar-refractivity contribution in [1.29, 1.82) is 0 Å². The molecular formula is C19H28. The molecule has 0 saturated carbocycles. The molecule has 1 aliphatic carbocycles. The highest BCUT2D eigenvalue weighted by atomic mass is 14.1. The summed E-state index contributed by atoms with van der Waals surface area (Å²) in [6, 6.07) is 0. The van der Waals surface area contributed by atoms with Gasteiger partial charge in [-0.05, 0) is 24.0 Å². The maximum absolute atomic E-state index is 3.95. The van der Waals surface area contributed by atoms with Crippen molar-refractivity contribution in [2.75, 3.05) is 0 Å². The third kappa shape index (κ3) is 11.0. The molecule has 1 unspecified atom stereocenters. The van der Waals surface area contributed by atoms with Gasteiger partial charge in [0.1, 0.15) is 0 Å². The molecule has 1 atom stereocenters. The maximum atomic E-state index is 3.95. The molecule has 0 heteroatoms. The molecule has 0 amide bonds. The van der Waals surface area contributed by atoms with Crippen molar-refractivity contribution >= 4 is 0 Å². The summed E-state index contributed by atoms with van der Waals surface area (Å²) in [5, 5.41) is 0. The molecule has 0 fully saturated rings. The first kappa shape index (κ1) is 19.5. The Morgan fingerprint density at radius 2 is 1.63 bits per heavy atom. The molecular weight excluding hydrogens is 228 g/mol. The van der Waals surface area contributed by atoms with Crippen molar-refractivity contribution in [3.05, 3.63) is 85.6 Å². The van der Waals surface area contributed by atoms with Gasteiger partial charge in [0.2, 0.25) is 0 Å². The molecule has 0 N–H and O–H groups in total. The molecule has 104 valence electrons. The molecule has 0 heterocycles. The molecule has 0 aromatic heterocycles. The van der Waals surface area contributed by atoms with E-state index in [-0.39, 0.29) is 0 Å². The van der Waals surface area contributed by atoms with E-state index >= 15 is 0 Å². The van der Waals surface area contributed by atoms with Gasteiger partial charge in [0, 0.05) is 0 Å². The lowest BCUT2D eigenvalue weighted by atomic mass is 10.1. The van der Waals surface area contributed by atoms with Gasteiger partial charge in [0.05, 0.1) is 0 Å². The van der Waals surface area contributed by atoms with Crippen LogP contribution in [0.5, 0.6) is 0 Å². The first-order chi connectivity index (χ1) is 9.15. The number of rotatable bonds is 2. The highest BCUT2D eigenvalue weighted by molar-refractivity contribution is 5.48. The fourth-order valence-corrected chi connectivity index (χ4v) is 1.22. The van der Waals surface area contributed by atoms with E-state index in [9.17, 15) is 0 Å². The molecule has 0 aromatic carbocycles. The van der Waals surface area contributed by atoms with E-state index in [4.69, 9.17) is 0 Å². The highest BCUT2D eigenvalue weighted by Crippen LogP contribution is 2.17. The van der Waals surface area contributed by atoms with Gasteiger partial charge in [-0.3, -0.25) is 0 Å². The summed E-state index contributed by atoms with van der Waals surface area (Å²) in [7, 11) is 0. The van der Waals surface area contributed by atoms with Crippen molar-refractivity contribution in [3.8, 4) is 0 Å². The predicted octanol–water partition coefficient (Wildman–Crippen LogP) is 6.19. The Balaban J connectivity index is 0. The molecule has 0 aliphatic heterocycles. The number of hydrogen-bond acceptors (Lipinski definition) is 0. The Hall–Kier alpha value is -1.82. The van der Waals surface area contributed by atoms with E-state index in [1.54, 1.807) is 12.2 Å². The summed E-state index contributed by atoms with van der Waals surface area (Å²) in [6.45, 7) is 19.2. The van der Waals surface area contributed by atoms with E-state index in [1.807, 2.05) is 39.0 Å². The predicted molar refractivity (Wildman–Crippen MR) is 91.2 cm³/mol. The third-order valence-corrected chi connectivity index (χ3v) is 2.18. The minimum absolute atomic E-state index is 0.498. The van der Waals surface area contributed by atoms with Crippen LogP contribution in [0.25, 0.3) is 0 Å². The van der Waals surface area contributed by atoms with Crippen LogP contribution in [-0.4, -0.2) is 0 Å². The lowest BCUT2D eigenvalue weighted by molar-refractivity contribution is 0.943. The lowest BCUT2D eigenvalue weighted by Crippen LogP contribution is -1.77. The molecule has 1 rings (SSSR count). The van der Waals surface area contributed by atoms with Gasteiger partial charge in [-0.15, -0.1) is 0 Å². The van der Waals surface area contributed by atoms with Gasteiger partial charge < -0.3 is 0 Å². The second kappa shape index (κ2) is 14.2. The SMILES string of the molecule is C=C/C=C1/C=CC(C)C=CC1=C.C=C/C=C\C.CC. The largest absolute Gasteiger partial charge is 0.0991 e. The Kier molecular flexibility index (Phi) is 14.6. The van der Waals surface area contributed by atoms with Crippen LogP contribution in [0.15, 0.2) is 85.6 Å². The summed E-state index contributed by atoms with van der Waals surface area (Å²) in [6.07, 6.45) is 17.8. The fourth-order valence-electron chi connectivity index (χ4n) is 1.22. The minimum atomic E-state index is 0.498. The van der Waals surface area contributed by atoms with Gasteiger partial charge in [-0.1, -0.05) is 95.2 Å². The monoisotopic (exact) mass is 256 g/mol. The average Bonchev–Trinajstić information content (AvgIpc) is 2.59. The van der Waals surface area contributed by atoms with Crippen LogP contribution in [0.1, 0.15) is 27.7 Å². The van der Waals surface area contributed by atoms with E-state index in [1.165, 1.54) is 0 Å². The summed E-state index contributed by atoms with van der Waals surface area (Å²) in [5.74, 6) is 0.498. The molecule has 0 saturated heterocycles. The molecule has 0 bridgehead atoms. The van der Waals surface area contributed by atoms with Gasteiger partial charge >= 0.3 is 0 Å². The normalized spacial score (nSPS) is 19.1. The Labute approximate surface area is 119 Å². The highest BCUT2D eigenvalue weighted by Gasteiger charge is 2.00. The van der Waals surface area contributed by atoms with Crippen LogP contribution < -0.4 is 0 Å². The van der Waals surface area contributed by atoms with Crippen LogP contribution in [0, 0.1) is 5.92 Å². The first-order valence-electron chi connectivity index (χ1n) is 6.77.